The van der Waals surface area contributed by atoms with Crippen LogP contribution in [-0.2, 0) is 30.6 Å². The van der Waals surface area contributed by atoms with E-state index in [1.165, 1.54) is 0 Å². The second kappa shape index (κ2) is 9.82. The molecule has 3 amide bonds. The summed E-state index contributed by atoms with van der Waals surface area (Å²) in [4.78, 5) is 41.8. The van der Waals surface area contributed by atoms with Gasteiger partial charge in [0.1, 0.15) is 15.8 Å². The number of likely N-dealkylation sites (tertiary alicyclic amines) is 1. The maximum atomic E-state index is 14.6. The van der Waals surface area contributed by atoms with Crippen LogP contribution >= 0.6 is 23.2 Å². The van der Waals surface area contributed by atoms with E-state index in [1.807, 2.05) is 116 Å². The number of benzene rings is 4. The van der Waals surface area contributed by atoms with Gasteiger partial charge in [-0.3, -0.25) is 19.3 Å². The van der Waals surface area contributed by atoms with E-state index in [9.17, 15) is 14.4 Å². The fraction of sp³-hybridized carbons (Fsp3) is 0.229. The first-order chi connectivity index (χ1) is 20.3. The Hall–Kier alpha value is -3.93. The number of nitrogens with one attached hydrogen (secondary N) is 1. The summed E-state index contributed by atoms with van der Waals surface area (Å²) in [6, 6.07) is 32.6. The SMILES string of the molecule is C[C@H](NC(=O)[C@H](Cc1ccccc1)N1C(=O)[C@H]2[C@H](C1=O)C1(Cl)c3ccccc3C2(Cl)c2ccccc21)c1ccccc1. The van der Waals surface area contributed by atoms with Gasteiger partial charge in [0.2, 0.25) is 17.7 Å². The molecule has 0 aromatic heterocycles. The highest BCUT2D eigenvalue weighted by Crippen LogP contribution is 2.69. The van der Waals surface area contributed by atoms with Crippen LogP contribution in [-0.4, -0.2) is 28.7 Å². The molecule has 1 saturated heterocycles. The second-order valence-electron chi connectivity index (χ2n) is 11.4. The summed E-state index contributed by atoms with van der Waals surface area (Å²) >= 11 is 15.2. The fourth-order valence-corrected chi connectivity index (χ4v) is 8.37. The van der Waals surface area contributed by atoms with Gasteiger partial charge in [0.15, 0.2) is 0 Å². The highest BCUT2D eigenvalue weighted by atomic mass is 35.5. The van der Waals surface area contributed by atoms with E-state index in [0.29, 0.717) is 0 Å². The summed E-state index contributed by atoms with van der Waals surface area (Å²) < 4.78 is 0. The van der Waals surface area contributed by atoms with Crippen LogP contribution < -0.4 is 5.32 Å². The lowest BCUT2D eigenvalue weighted by molar-refractivity contribution is -0.148. The highest BCUT2D eigenvalue weighted by molar-refractivity contribution is 6.36. The van der Waals surface area contributed by atoms with Gasteiger partial charge in [-0.15, -0.1) is 23.2 Å². The van der Waals surface area contributed by atoms with Crippen LogP contribution in [0.25, 0.3) is 0 Å². The van der Waals surface area contributed by atoms with Gasteiger partial charge in [-0.2, -0.15) is 0 Å². The van der Waals surface area contributed by atoms with Crippen LogP contribution in [0.5, 0.6) is 0 Å². The quantitative estimate of drug-likeness (QED) is 0.218. The number of halogens is 2. The molecule has 2 bridgehead atoms. The van der Waals surface area contributed by atoms with Crippen LogP contribution in [0.4, 0.5) is 0 Å². The van der Waals surface area contributed by atoms with Gasteiger partial charge in [-0.05, 0) is 40.3 Å². The van der Waals surface area contributed by atoms with Crippen molar-refractivity contribution in [2.45, 2.75) is 35.2 Å². The van der Waals surface area contributed by atoms with Crippen LogP contribution in [0.15, 0.2) is 109 Å². The van der Waals surface area contributed by atoms with Crippen LogP contribution in [0.1, 0.15) is 46.3 Å². The van der Waals surface area contributed by atoms with Crippen molar-refractivity contribution in [3.05, 3.63) is 143 Å². The highest BCUT2D eigenvalue weighted by Gasteiger charge is 2.73. The Morgan fingerprint density at radius 2 is 1.12 bits per heavy atom. The standard InChI is InChI=1S/C35H28Cl2N2O3/c1-21(23-14-6-3-7-15-23)38-31(40)28(20-22-12-4-2-5-13-22)39-32(41)29-30(33(39)42)35(37)25-17-9-8-16-24(25)34(29,36)26-18-10-11-19-27(26)35/h2-19,21,28-30H,20H2,1H3,(H,38,40)/t21-,28-,29+,30+,34?,35?/m0/s1. The molecular weight excluding hydrogens is 567 g/mol. The van der Waals surface area contributed by atoms with Crippen molar-refractivity contribution in [2.75, 3.05) is 0 Å². The molecule has 1 N–H and O–H groups in total. The molecule has 4 aromatic rings. The van der Waals surface area contributed by atoms with Crippen LogP contribution in [0.3, 0.4) is 0 Å². The lowest BCUT2D eigenvalue weighted by Crippen LogP contribution is -2.57. The van der Waals surface area contributed by atoms with E-state index in [0.717, 1.165) is 38.3 Å². The molecule has 4 aromatic carbocycles. The average molecular weight is 596 g/mol. The Morgan fingerprint density at radius 3 is 1.57 bits per heavy atom. The largest absolute Gasteiger partial charge is 0.348 e. The van der Waals surface area contributed by atoms with Gasteiger partial charge in [0.05, 0.1) is 17.9 Å². The van der Waals surface area contributed by atoms with E-state index >= 15 is 0 Å². The van der Waals surface area contributed by atoms with E-state index < -0.39 is 45.3 Å². The minimum Gasteiger partial charge on any atom is -0.348 e. The molecule has 4 atom stereocenters. The molecule has 1 aliphatic heterocycles. The number of carbonyl (C=O) groups is 3. The van der Waals surface area contributed by atoms with Gasteiger partial charge in [0, 0.05) is 6.42 Å². The fourth-order valence-electron chi connectivity index (χ4n) is 7.27. The molecule has 42 heavy (non-hydrogen) atoms. The number of hydrogen-bond donors (Lipinski definition) is 1. The monoisotopic (exact) mass is 594 g/mol. The van der Waals surface area contributed by atoms with Crippen LogP contribution in [0, 0.1) is 11.8 Å². The molecule has 210 valence electrons. The molecule has 0 spiro atoms. The van der Waals surface area contributed by atoms with Gasteiger partial charge >= 0.3 is 0 Å². The Kier molecular flexibility index (Phi) is 6.30. The lowest BCUT2D eigenvalue weighted by Gasteiger charge is -2.54. The van der Waals surface area contributed by atoms with Crippen molar-refractivity contribution in [1.29, 1.82) is 0 Å². The molecule has 0 unspecified atom stereocenters. The third-order valence-corrected chi connectivity index (χ3v) is 10.4. The van der Waals surface area contributed by atoms with Gasteiger partial charge < -0.3 is 5.32 Å². The predicted octanol–water partition coefficient (Wildman–Crippen LogP) is 6.07. The molecule has 7 heteroatoms. The number of nitrogens with zero attached hydrogens (tertiary/aromatic N) is 1. The molecule has 8 rings (SSSR count). The zero-order valence-corrected chi connectivity index (χ0v) is 24.3. The minimum absolute atomic E-state index is 0.162. The first kappa shape index (κ1) is 26.9. The number of carbonyl (C=O) groups excluding carboxylic acids is 3. The predicted molar refractivity (Wildman–Crippen MR) is 162 cm³/mol. The third kappa shape index (κ3) is 3.66. The smallest absolute Gasteiger partial charge is 0.244 e. The Morgan fingerprint density at radius 1 is 0.714 bits per heavy atom. The topological polar surface area (TPSA) is 66.5 Å². The zero-order valence-electron chi connectivity index (χ0n) is 22.8. The number of amides is 3. The van der Waals surface area contributed by atoms with Crippen molar-refractivity contribution in [3.8, 4) is 0 Å². The van der Waals surface area contributed by atoms with Crippen molar-refractivity contribution < 1.29 is 14.4 Å². The maximum absolute atomic E-state index is 14.6. The summed E-state index contributed by atoms with van der Waals surface area (Å²) in [6.45, 7) is 1.88. The molecule has 3 aliphatic carbocycles. The lowest BCUT2D eigenvalue weighted by atomic mass is 9.54. The van der Waals surface area contributed by atoms with Gasteiger partial charge in [0.25, 0.3) is 0 Å². The van der Waals surface area contributed by atoms with Gasteiger partial charge in [-0.1, -0.05) is 109 Å². The van der Waals surface area contributed by atoms with Crippen molar-refractivity contribution in [3.63, 3.8) is 0 Å². The van der Waals surface area contributed by atoms with E-state index in [-0.39, 0.29) is 12.5 Å². The van der Waals surface area contributed by atoms with Crippen molar-refractivity contribution in [2.24, 2.45) is 11.8 Å². The summed E-state index contributed by atoms with van der Waals surface area (Å²) in [7, 11) is 0. The minimum atomic E-state index is -1.30. The molecule has 1 fully saturated rings. The molecule has 0 radical (unpaired) electrons. The molecule has 0 saturated carbocycles. The Bertz CT molecular complexity index is 1600. The first-order valence-corrected chi connectivity index (χ1v) is 14.9. The summed E-state index contributed by atoms with van der Waals surface area (Å²) in [5.41, 5.74) is 4.66. The molecular formula is C35H28Cl2N2O3. The summed E-state index contributed by atoms with van der Waals surface area (Å²) in [5.74, 6) is -3.29. The molecule has 4 aliphatic rings. The van der Waals surface area contributed by atoms with Crippen molar-refractivity contribution >= 4 is 40.9 Å². The zero-order chi connectivity index (χ0) is 29.2. The van der Waals surface area contributed by atoms with E-state index in [1.54, 1.807) is 0 Å². The normalized spacial score (nSPS) is 26.7. The van der Waals surface area contributed by atoms with Gasteiger partial charge in [-0.25, -0.2) is 0 Å². The Labute approximate surface area is 254 Å². The van der Waals surface area contributed by atoms with Crippen molar-refractivity contribution in [1.82, 2.24) is 10.2 Å². The van der Waals surface area contributed by atoms with Crippen LogP contribution in [0.2, 0.25) is 0 Å². The van der Waals surface area contributed by atoms with E-state index in [2.05, 4.69) is 5.32 Å². The summed E-state index contributed by atoms with van der Waals surface area (Å²) in [5, 5.41) is 3.06. The average Bonchev–Trinajstić information content (AvgIpc) is 3.30. The summed E-state index contributed by atoms with van der Waals surface area (Å²) in [6.07, 6.45) is 0.162. The maximum Gasteiger partial charge on any atom is 0.244 e. The second-order valence-corrected chi connectivity index (χ2v) is 12.6. The Balaban J connectivity index is 1.34. The number of alkyl halides is 2. The number of hydrogen-bond acceptors (Lipinski definition) is 3. The number of rotatable bonds is 6. The third-order valence-electron chi connectivity index (χ3n) is 9.16. The number of imide groups is 1. The molecule has 1 heterocycles. The first-order valence-electron chi connectivity index (χ1n) is 14.1. The van der Waals surface area contributed by atoms with E-state index in [4.69, 9.17) is 23.2 Å². The molecule has 5 nitrogen and oxygen atoms in total.